The number of carbonyl (C=O) groups is 1. The van der Waals surface area contributed by atoms with Gasteiger partial charge < -0.3 is 5.11 Å². The summed E-state index contributed by atoms with van der Waals surface area (Å²) in [5.41, 5.74) is 4.52. The van der Waals surface area contributed by atoms with Gasteiger partial charge in [0.1, 0.15) is 0 Å². The van der Waals surface area contributed by atoms with E-state index in [-0.39, 0.29) is 12.6 Å². The summed E-state index contributed by atoms with van der Waals surface area (Å²) in [5.74, 6) is -0.851. The van der Waals surface area contributed by atoms with E-state index in [0.717, 1.165) is 16.7 Å². The van der Waals surface area contributed by atoms with Crippen LogP contribution in [-0.4, -0.2) is 17.6 Å². The van der Waals surface area contributed by atoms with Crippen LogP contribution in [0.3, 0.4) is 0 Å². The Bertz CT molecular complexity index is 593. The minimum absolute atomic E-state index is 0.0626. The van der Waals surface area contributed by atoms with Gasteiger partial charge in [0, 0.05) is 0 Å². The summed E-state index contributed by atoms with van der Waals surface area (Å²) in [6.45, 7) is 4.03. The highest BCUT2D eigenvalue weighted by Gasteiger charge is 2.16. The van der Waals surface area contributed by atoms with Gasteiger partial charge >= 0.3 is 5.97 Å². The zero-order valence-electron chi connectivity index (χ0n) is 11.8. The Labute approximate surface area is 119 Å². The quantitative estimate of drug-likeness (QED) is 0.877. The molecule has 0 bridgehead atoms. The Kier molecular flexibility index (Phi) is 4.53. The molecule has 0 heterocycles. The Morgan fingerprint density at radius 1 is 1.15 bits per heavy atom. The summed E-state index contributed by atoms with van der Waals surface area (Å²) < 4.78 is 0. The topological polar surface area (TPSA) is 49.3 Å². The summed E-state index contributed by atoms with van der Waals surface area (Å²) in [5, 5.41) is 12.0. The Balaban J connectivity index is 2.40. The van der Waals surface area contributed by atoms with Gasteiger partial charge in [-0.25, -0.2) is 0 Å². The first-order chi connectivity index (χ1) is 9.58. The lowest BCUT2D eigenvalue weighted by atomic mass is 9.93. The van der Waals surface area contributed by atoms with Crippen LogP contribution in [0.4, 0.5) is 0 Å². The maximum atomic E-state index is 10.9. The SMILES string of the molecule is Cc1ccc(C)c(C(NCC(=O)O)c2ccccc2)c1. The molecule has 2 aromatic rings. The highest BCUT2D eigenvalue weighted by Crippen LogP contribution is 2.25. The van der Waals surface area contributed by atoms with E-state index < -0.39 is 5.97 Å². The van der Waals surface area contributed by atoms with Gasteiger partial charge in [0.25, 0.3) is 0 Å². The Hall–Kier alpha value is -2.13. The lowest BCUT2D eigenvalue weighted by molar-refractivity contribution is -0.136. The average Bonchev–Trinajstić information content (AvgIpc) is 2.43. The van der Waals surface area contributed by atoms with E-state index in [1.165, 1.54) is 5.56 Å². The number of nitrogens with one attached hydrogen (secondary N) is 1. The van der Waals surface area contributed by atoms with Crippen molar-refractivity contribution in [2.45, 2.75) is 19.9 Å². The van der Waals surface area contributed by atoms with Gasteiger partial charge in [0.15, 0.2) is 0 Å². The molecule has 0 radical (unpaired) electrons. The summed E-state index contributed by atoms with van der Waals surface area (Å²) in [7, 11) is 0. The largest absolute Gasteiger partial charge is 0.480 e. The van der Waals surface area contributed by atoms with Crippen LogP contribution in [-0.2, 0) is 4.79 Å². The van der Waals surface area contributed by atoms with E-state index in [0.29, 0.717) is 0 Å². The van der Waals surface area contributed by atoms with Crippen LogP contribution >= 0.6 is 0 Å². The first kappa shape index (κ1) is 14.3. The van der Waals surface area contributed by atoms with Crippen molar-refractivity contribution in [3.05, 3.63) is 70.8 Å². The number of aliphatic carboxylic acids is 1. The smallest absolute Gasteiger partial charge is 0.317 e. The maximum Gasteiger partial charge on any atom is 0.317 e. The predicted octanol–water partition coefficient (Wildman–Crippen LogP) is 3.07. The fourth-order valence-electron chi connectivity index (χ4n) is 2.31. The molecular weight excluding hydrogens is 250 g/mol. The van der Waals surface area contributed by atoms with Crippen LogP contribution in [0.2, 0.25) is 0 Å². The highest BCUT2D eigenvalue weighted by atomic mass is 16.4. The zero-order chi connectivity index (χ0) is 14.5. The van der Waals surface area contributed by atoms with Crippen LogP contribution in [0.5, 0.6) is 0 Å². The van der Waals surface area contributed by atoms with E-state index in [9.17, 15) is 4.79 Å². The normalized spacial score (nSPS) is 12.1. The van der Waals surface area contributed by atoms with E-state index >= 15 is 0 Å². The molecule has 0 aromatic heterocycles. The summed E-state index contributed by atoms with van der Waals surface area (Å²) in [4.78, 5) is 10.9. The molecule has 0 saturated carbocycles. The second-order valence-corrected chi connectivity index (χ2v) is 4.98. The second-order valence-electron chi connectivity index (χ2n) is 4.98. The van der Waals surface area contributed by atoms with Crippen molar-refractivity contribution in [3.63, 3.8) is 0 Å². The van der Waals surface area contributed by atoms with Gasteiger partial charge in [0.2, 0.25) is 0 Å². The number of hydrogen-bond donors (Lipinski definition) is 2. The van der Waals surface area contributed by atoms with Gasteiger partial charge in [-0.3, -0.25) is 10.1 Å². The number of carboxylic acids is 1. The van der Waals surface area contributed by atoms with Gasteiger partial charge in [-0.15, -0.1) is 0 Å². The molecule has 0 aliphatic rings. The van der Waals surface area contributed by atoms with Crippen molar-refractivity contribution in [1.29, 1.82) is 0 Å². The fraction of sp³-hybridized carbons (Fsp3) is 0.235. The van der Waals surface area contributed by atoms with Crippen LogP contribution < -0.4 is 5.32 Å². The molecule has 0 spiro atoms. The minimum atomic E-state index is -0.851. The van der Waals surface area contributed by atoms with Crippen molar-refractivity contribution >= 4 is 5.97 Å². The third kappa shape index (κ3) is 3.45. The number of aryl methyl sites for hydroxylation is 2. The maximum absolute atomic E-state index is 10.9. The molecule has 3 heteroatoms. The Morgan fingerprint density at radius 3 is 2.50 bits per heavy atom. The van der Waals surface area contributed by atoms with E-state index in [2.05, 4.69) is 23.5 Å². The second kappa shape index (κ2) is 6.35. The van der Waals surface area contributed by atoms with Crippen LogP contribution in [0.25, 0.3) is 0 Å². The number of hydrogen-bond acceptors (Lipinski definition) is 2. The lowest BCUT2D eigenvalue weighted by Gasteiger charge is -2.21. The molecule has 2 rings (SSSR count). The van der Waals surface area contributed by atoms with Crippen molar-refractivity contribution in [3.8, 4) is 0 Å². The van der Waals surface area contributed by atoms with Gasteiger partial charge in [-0.1, -0.05) is 54.1 Å². The standard InChI is InChI=1S/C17H19NO2/c1-12-8-9-13(2)15(10-12)17(18-11-16(19)20)14-6-4-3-5-7-14/h3-10,17-18H,11H2,1-2H3,(H,19,20). The fourth-order valence-corrected chi connectivity index (χ4v) is 2.31. The zero-order valence-corrected chi connectivity index (χ0v) is 11.8. The molecule has 0 aliphatic heterocycles. The highest BCUT2D eigenvalue weighted by molar-refractivity contribution is 5.69. The average molecular weight is 269 g/mol. The molecule has 2 N–H and O–H groups in total. The molecule has 3 nitrogen and oxygen atoms in total. The van der Waals surface area contributed by atoms with Crippen LogP contribution in [0.15, 0.2) is 48.5 Å². The molecule has 104 valence electrons. The van der Waals surface area contributed by atoms with E-state index in [4.69, 9.17) is 5.11 Å². The molecule has 0 aliphatic carbocycles. The van der Waals surface area contributed by atoms with Gasteiger partial charge in [-0.2, -0.15) is 0 Å². The van der Waals surface area contributed by atoms with Crippen molar-refractivity contribution in [1.82, 2.24) is 5.32 Å². The monoisotopic (exact) mass is 269 g/mol. The van der Waals surface area contributed by atoms with E-state index in [1.54, 1.807) is 0 Å². The third-order valence-electron chi connectivity index (χ3n) is 3.34. The molecular formula is C17H19NO2. The number of carboxylic acid groups (broad SMARTS) is 1. The number of benzene rings is 2. The Morgan fingerprint density at radius 2 is 1.85 bits per heavy atom. The third-order valence-corrected chi connectivity index (χ3v) is 3.34. The predicted molar refractivity (Wildman–Crippen MR) is 79.8 cm³/mol. The molecule has 0 fully saturated rings. The first-order valence-electron chi connectivity index (χ1n) is 6.65. The van der Waals surface area contributed by atoms with Crippen molar-refractivity contribution in [2.75, 3.05) is 6.54 Å². The number of rotatable bonds is 5. The molecule has 1 unspecified atom stereocenters. The summed E-state index contributed by atoms with van der Waals surface area (Å²) in [6, 6.07) is 16.1. The van der Waals surface area contributed by atoms with Crippen molar-refractivity contribution in [2.24, 2.45) is 0 Å². The minimum Gasteiger partial charge on any atom is -0.480 e. The molecule has 2 aromatic carbocycles. The lowest BCUT2D eigenvalue weighted by Crippen LogP contribution is -2.28. The molecule has 1 atom stereocenters. The summed E-state index contributed by atoms with van der Waals surface area (Å²) >= 11 is 0. The van der Waals surface area contributed by atoms with E-state index in [1.807, 2.05) is 44.2 Å². The van der Waals surface area contributed by atoms with Gasteiger partial charge in [0.05, 0.1) is 12.6 Å². The van der Waals surface area contributed by atoms with Crippen LogP contribution in [0, 0.1) is 13.8 Å². The van der Waals surface area contributed by atoms with Crippen molar-refractivity contribution < 1.29 is 9.90 Å². The van der Waals surface area contributed by atoms with Gasteiger partial charge in [-0.05, 0) is 30.5 Å². The molecule has 0 saturated heterocycles. The first-order valence-corrected chi connectivity index (χ1v) is 6.65. The van der Waals surface area contributed by atoms with Crippen LogP contribution in [0.1, 0.15) is 28.3 Å². The summed E-state index contributed by atoms with van der Waals surface area (Å²) in [6.07, 6.45) is 0. The molecule has 20 heavy (non-hydrogen) atoms. The molecule has 0 amide bonds.